The molecule has 3 rings (SSSR count). The van der Waals surface area contributed by atoms with Gasteiger partial charge in [0, 0.05) is 5.41 Å². The van der Waals surface area contributed by atoms with E-state index in [2.05, 4.69) is 6.58 Å². The number of fused-ring (bicyclic) bond motifs is 1. The molecule has 1 aliphatic carbocycles. The molecular formula is C19H20O4. The maximum atomic E-state index is 12.1. The number of hydrogen-bond donors (Lipinski definition) is 1. The van der Waals surface area contributed by atoms with Crippen molar-refractivity contribution in [2.75, 3.05) is 20.3 Å². The Labute approximate surface area is 135 Å². The second-order valence-corrected chi connectivity index (χ2v) is 6.14. The van der Waals surface area contributed by atoms with Gasteiger partial charge in [0.05, 0.1) is 25.9 Å². The lowest BCUT2D eigenvalue weighted by Crippen LogP contribution is -2.18. The van der Waals surface area contributed by atoms with Crippen LogP contribution in [0.3, 0.4) is 0 Å². The first-order valence-corrected chi connectivity index (χ1v) is 7.62. The van der Waals surface area contributed by atoms with Gasteiger partial charge in [-0.1, -0.05) is 24.8 Å². The quantitative estimate of drug-likeness (QED) is 0.657. The van der Waals surface area contributed by atoms with Gasteiger partial charge in [-0.25, -0.2) is 4.79 Å². The van der Waals surface area contributed by atoms with E-state index in [4.69, 9.17) is 9.47 Å². The monoisotopic (exact) mass is 312 g/mol. The summed E-state index contributed by atoms with van der Waals surface area (Å²) in [5.74, 6) is 0.361. The van der Waals surface area contributed by atoms with Crippen LogP contribution in [-0.4, -0.2) is 31.4 Å². The summed E-state index contributed by atoms with van der Waals surface area (Å²) in [5, 5.41) is 11.3. The van der Waals surface area contributed by atoms with Gasteiger partial charge in [-0.15, -0.1) is 0 Å². The highest BCUT2D eigenvalue weighted by Crippen LogP contribution is 2.45. The van der Waals surface area contributed by atoms with Crippen molar-refractivity contribution in [3.05, 3.63) is 48.5 Å². The topological polar surface area (TPSA) is 55.8 Å². The fourth-order valence-corrected chi connectivity index (χ4v) is 2.49. The van der Waals surface area contributed by atoms with Crippen molar-refractivity contribution in [1.82, 2.24) is 0 Å². The Hall–Kier alpha value is -2.33. The van der Waals surface area contributed by atoms with Crippen LogP contribution in [0.4, 0.5) is 0 Å². The molecule has 23 heavy (non-hydrogen) atoms. The number of esters is 1. The third-order valence-electron chi connectivity index (χ3n) is 4.44. The molecule has 1 aliphatic rings. The molecule has 0 unspecified atom stereocenters. The highest BCUT2D eigenvalue weighted by Gasteiger charge is 2.43. The maximum Gasteiger partial charge on any atom is 0.338 e. The number of ether oxygens (including phenoxy) is 2. The Balaban J connectivity index is 1.73. The average Bonchev–Trinajstić information content (AvgIpc) is 3.38. The van der Waals surface area contributed by atoms with Gasteiger partial charge in [-0.3, -0.25) is 0 Å². The lowest BCUT2D eigenvalue weighted by atomic mass is 10.0. The molecule has 0 aromatic heterocycles. The van der Waals surface area contributed by atoms with Crippen LogP contribution in [0.25, 0.3) is 16.3 Å². The summed E-state index contributed by atoms with van der Waals surface area (Å²) in [5.41, 5.74) is 0.855. The average molecular weight is 312 g/mol. The van der Waals surface area contributed by atoms with Gasteiger partial charge in [0.1, 0.15) is 5.75 Å². The van der Waals surface area contributed by atoms with Gasteiger partial charge in [0.25, 0.3) is 0 Å². The Bertz CT molecular complexity index is 759. The number of carbonyl (C=O) groups excluding carboxylic acids is 1. The molecular weight excluding hydrogens is 292 g/mol. The number of aliphatic hydroxyl groups excluding tert-OH is 1. The van der Waals surface area contributed by atoms with Crippen molar-refractivity contribution in [1.29, 1.82) is 0 Å². The highest BCUT2D eigenvalue weighted by molar-refractivity contribution is 6.16. The van der Waals surface area contributed by atoms with Crippen LogP contribution in [0, 0.1) is 5.41 Å². The summed E-state index contributed by atoms with van der Waals surface area (Å²) >= 11 is 0. The van der Waals surface area contributed by atoms with E-state index in [1.807, 2.05) is 36.4 Å². The lowest BCUT2D eigenvalue weighted by molar-refractivity contribution is -0.138. The summed E-state index contributed by atoms with van der Waals surface area (Å²) in [6, 6.07) is 11.5. The molecule has 0 radical (unpaired) electrons. The van der Waals surface area contributed by atoms with Crippen LogP contribution < -0.4 is 4.74 Å². The molecule has 0 heterocycles. The van der Waals surface area contributed by atoms with Crippen molar-refractivity contribution < 1.29 is 19.4 Å². The van der Waals surface area contributed by atoms with Gasteiger partial charge >= 0.3 is 5.97 Å². The summed E-state index contributed by atoms with van der Waals surface area (Å²) in [7, 11) is 1.63. The number of carbonyl (C=O) groups is 1. The predicted octanol–water partition coefficient (Wildman–Crippen LogP) is 3.18. The van der Waals surface area contributed by atoms with Gasteiger partial charge < -0.3 is 14.6 Å². The SMILES string of the molecule is C=C(C(=O)OCC1(CO)CC1)c1ccc2cc(OC)ccc2c1. The largest absolute Gasteiger partial charge is 0.497 e. The summed E-state index contributed by atoms with van der Waals surface area (Å²) in [6.45, 7) is 4.17. The van der Waals surface area contributed by atoms with E-state index in [0.29, 0.717) is 5.57 Å². The van der Waals surface area contributed by atoms with Crippen LogP contribution in [0.1, 0.15) is 18.4 Å². The fraction of sp³-hybridized carbons (Fsp3) is 0.316. The molecule has 2 aromatic carbocycles. The normalized spacial score (nSPS) is 15.2. The number of rotatable bonds is 6. The molecule has 2 aromatic rings. The van der Waals surface area contributed by atoms with E-state index in [9.17, 15) is 9.90 Å². The standard InChI is InChI=1S/C19H20O4/c1-13(18(21)23-12-19(11-20)7-8-19)14-3-4-16-10-17(22-2)6-5-15(16)9-14/h3-6,9-10,20H,1,7-8,11-12H2,2H3. The minimum atomic E-state index is -0.433. The van der Waals surface area contributed by atoms with Gasteiger partial charge in [0.15, 0.2) is 0 Å². The predicted molar refractivity (Wildman–Crippen MR) is 89.2 cm³/mol. The smallest absolute Gasteiger partial charge is 0.338 e. The Morgan fingerprint density at radius 1 is 1.22 bits per heavy atom. The first-order valence-electron chi connectivity index (χ1n) is 7.62. The van der Waals surface area contributed by atoms with E-state index >= 15 is 0 Å². The number of hydrogen-bond acceptors (Lipinski definition) is 4. The van der Waals surface area contributed by atoms with E-state index in [-0.39, 0.29) is 18.6 Å². The second-order valence-electron chi connectivity index (χ2n) is 6.14. The zero-order valence-electron chi connectivity index (χ0n) is 13.2. The summed E-state index contributed by atoms with van der Waals surface area (Å²) in [6.07, 6.45) is 1.81. The van der Waals surface area contributed by atoms with Crippen molar-refractivity contribution in [2.24, 2.45) is 5.41 Å². The molecule has 4 heteroatoms. The minimum absolute atomic E-state index is 0.0601. The molecule has 0 spiro atoms. The molecule has 1 N–H and O–H groups in total. The molecule has 4 nitrogen and oxygen atoms in total. The van der Waals surface area contributed by atoms with Crippen molar-refractivity contribution >= 4 is 22.3 Å². The van der Waals surface area contributed by atoms with Crippen LogP contribution in [0.2, 0.25) is 0 Å². The molecule has 1 saturated carbocycles. The van der Waals surface area contributed by atoms with Crippen molar-refractivity contribution in [2.45, 2.75) is 12.8 Å². The second kappa shape index (κ2) is 6.05. The van der Waals surface area contributed by atoms with Crippen LogP contribution in [0.15, 0.2) is 43.0 Å². The van der Waals surface area contributed by atoms with E-state index in [1.165, 1.54) is 0 Å². The molecule has 0 atom stereocenters. The molecule has 0 saturated heterocycles. The van der Waals surface area contributed by atoms with Crippen molar-refractivity contribution in [3.8, 4) is 5.75 Å². The number of benzene rings is 2. The lowest BCUT2D eigenvalue weighted by Gasteiger charge is -2.13. The molecule has 0 bridgehead atoms. The van der Waals surface area contributed by atoms with Crippen LogP contribution in [0.5, 0.6) is 5.75 Å². The van der Waals surface area contributed by atoms with Crippen molar-refractivity contribution in [3.63, 3.8) is 0 Å². The zero-order chi connectivity index (χ0) is 16.4. The zero-order valence-corrected chi connectivity index (χ0v) is 13.2. The first-order chi connectivity index (χ1) is 11.1. The maximum absolute atomic E-state index is 12.1. The molecule has 0 amide bonds. The molecule has 1 fully saturated rings. The fourth-order valence-electron chi connectivity index (χ4n) is 2.49. The molecule has 0 aliphatic heterocycles. The Kier molecular flexibility index (Phi) is 4.09. The van der Waals surface area contributed by atoms with Crippen LogP contribution in [-0.2, 0) is 9.53 Å². The third kappa shape index (κ3) is 3.22. The Morgan fingerprint density at radius 3 is 2.57 bits per heavy atom. The summed E-state index contributed by atoms with van der Waals surface area (Å²) < 4.78 is 10.5. The third-order valence-corrected chi connectivity index (χ3v) is 4.44. The molecule has 120 valence electrons. The number of methoxy groups -OCH3 is 1. The van der Waals surface area contributed by atoms with Crippen LogP contribution >= 0.6 is 0 Å². The van der Waals surface area contributed by atoms with Gasteiger partial charge in [-0.05, 0) is 47.4 Å². The van der Waals surface area contributed by atoms with E-state index < -0.39 is 5.97 Å². The summed E-state index contributed by atoms with van der Waals surface area (Å²) in [4.78, 5) is 12.1. The highest BCUT2D eigenvalue weighted by atomic mass is 16.5. The van der Waals surface area contributed by atoms with E-state index in [1.54, 1.807) is 7.11 Å². The first kappa shape index (κ1) is 15.6. The van der Waals surface area contributed by atoms with Gasteiger partial charge in [-0.2, -0.15) is 0 Å². The minimum Gasteiger partial charge on any atom is -0.497 e. The number of aliphatic hydroxyl groups is 1. The Morgan fingerprint density at radius 2 is 1.91 bits per heavy atom. The van der Waals surface area contributed by atoms with E-state index in [0.717, 1.165) is 34.9 Å². The van der Waals surface area contributed by atoms with Gasteiger partial charge in [0.2, 0.25) is 0 Å².